The van der Waals surface area contributed by atoms with Crippen molar-refractivity contribution in [2.45, 2.75) is 38.1 Å². The number of imidazole rings is 1. The number of hydrogen-bond acceptors (Lipinski definition) is 3. The number of amides is 1. The van der Waals surface area contributed by atoms with Crippen LogP contribution >= 0.6 is 0 Å². The number of aryl methyl sites for hydroxylation is 1. The average molecular weight is 299 g/mol. The highest BCUT2D eigenvalue weighted by atomic mass is 16.3. The number of rotatable bonds is 4. The van der Waals surface area contributed by atoms with Gasteiger partial charge in [0.05, 0.1) is 0 Å². The Kier molecular flexibility index (Phi) is 4.42. The number of aromatic nitrogens is 2. The normalized spacial score (nSPS) is 18.4. The summed E-state index contributed by atoms with van der Waals surface area (Å²) in [5.74, 6) is 0.708. The number of carbonyl (C=O) groups excluding carboxylic acids is 1. The van der Waals surface area contributed by atoms with Crippen LogP contribution in [0.15, 0.2) is 36.7 Å². The third kappa shape index (κ3) is 3.30. The minimum atomic E-state index is -0.00870. The van der Waals surface area contributed by atoms with Gasteiger partial charge in [0.1, 0.15) is 5.75 Å². The average Bonchev–Trinajstić information content (AvgIpc) is 3.07. The van der Waals surface area contributed by atoms with Crippen molar-refractivity contribution >= 4 is 5.91 Å². The predicted octanol–water partition coefficient (Wildman–Crippen LogP) is 2.74. The highest BCUT2D eigenvalue weighted by Crippen LogP contribution is 2.23. The van der Waals surface area contributed by atoms with Gasteiger partial charge in [-0.2, -0.15) is 0 Å². The van der Waals surface area contributed by atoms with Gasteiger partial charge in [-0.3, -0.25) is 4.79 Å². The molecule has 1 aromatic heterocycles. The summed E-state index contributed by atoms with van der Waals surface area (Å²) in [7, 11) is 0. The van der Waals surface area contributed by atoms with Crippen LogP contribution in [-0.2, 0) is 6.42 Å². The lowest BCUT2D eigenvalue weighted by Gasteiger charge is -2.35. The fraction of sp³-hybridized carbons (Fsp3) is 0.412. The maximum atomic E-state index is 12.5. The van der Waals surface area contributed by atoms with E-state index in [1.165, 1.54) is 0 Å². The summed E-state index contributed by atoms with van der Waals surface area (Å²) in [5, 5.41) is 9.54. The van der Waals surface area contributed by atoms with E-state index in [1.54, 1.807) is 24.5 Å². The van der Waals surface area contributed by atoms with Gasteiger partial charge >= 0.3 is 0 Å². The summed E-state index contributed by atoms with van der Waals surface area (Å²) in [5.41, 5.74) is 1.11. The Bertz CT molecular complexity index is 625. The fourth-order valence-electron chi connectivity index (χ4n) is 3.13. The van der Waals surface area contributed by atoms with Crippen molar-refractivity contribution in [1.82, 2.24) is 14.9 Å². The Morgan fingerprint density at radius 3 is 3.09 bits per heavy atom. The van der Waals surface area contributed by atoms with Gasteiger partial charge in [0.25, 0.3) is 5.91 Å². The van der Waals surface area contributed by atoms with E-state index < -0.39 is 0 Å². The molecule has 5 nitrogen and oxygen atoms in total. The van der Waals surface area contributed by atoms with Crippen LogP contribution in [0, 0.1) is 0 Å². The Balaban J connectivity index is 1.66. The van der Waals surface area contributed by atoms with Crippen LogP contribution in [0.4, 0.5) is 0 Å². The van der Waals surface area contributed by atoms with E-state index in [1.807, 2.05) is 17.0 Å². The topological polar surface area (TPSA) is 69.2 Å². The molecule has 0 unspecified atom stereocenters. The van der Waals surface area contributed by atoms with E-state index in [4.69, 9.17) is 0 Å². The molecule has 1 aliphatic heterocycles. The van der Waals surface area contributed by atoms with E-state index in [9.17, 15) is 9.90 Å². The summed E-state index contributed by atoms with van der Waals surface area (Å²) in [6, 6.07) is 7.59. The smallest absolute Gasteiger partial charge is 0.289 e. The van der Waals surface area contributed by atoms with Gasteiger partial charge in [-0.1, -0.05) is 12.1 Å². The number of aromatic hydroxyl groups is 1. The van der Waals surface area contributed by atoms with Crippen molar-refractivity contribution < 1.29 is 9.90 Å². The lowest BCUT2D eigenvalue weighted by molar-refractivity contribution is 0.0590. The lowest BCUT2D eigenvalue weighted by atomic mass is 9.95. The first-order valence-electron chi connectivity index (χ1n) is 7.82. The molecule has 22 heavy (non-hydrogen) atoms. The monoisotopic (exact) mass is 299 g/mol. The van der Waals surface area contributed by atoms with E-state index >= 15 is 0 Å². The first kappa shape index (κ1) is 14.6. The molecule has 3 rings (SSSR count). The number of likely N-dealkylation sites (tertiary alicyclic amines) is 1. The third-order valence-corrected chi connectivity index (χ3v) is 4.27. The zero-order chi connectivity index (χ0) is 15.4. The Morgan fingerprint density at radius 2 is 2.32 bits per heavy atom. The largest absolute Gasteiger partial charge is 0.508 e. The molecule has 1 amide bonds. The highest BCUT2D eigenvalue weighted by molar-refractivity contribution is 5.90. The number of carbonyl (C=O) groups is 1. The second-order valence-corrected chi connectivity index (χ2v) is 5.79. The van der Waals surface area contributed by atoms with Gasteiger partial charge in [0.15, 0.2) is 5.82 Å². The van der Waals surface area contributed by atoms with E-state index in [0.29, 0.717) is 11.6 Å². The maximum Gasteiger partial charge on any atom is 0.289 e. The van der Waals surface area contributed by atoms with Crippen LogP contribution in [-0.4, -0.2) is 38.5 Å². The van der Waals surface area contributed by atoms with E-state index in [-0.39, 0.29) is 11.9 Å². The van der Waals surface area contributed by atoms with E-state index in [2.05, 4.69) is 9.97 Å². The summed E-state index contributed by atoms with van der Waals surface area (Å²) < 4.78 is 0. The Hall–Kier alpha value is -2.30. The molecule has 2 aromatic rings. The lowest BCUT2D eigenvalue weighted by Crippen LogP contribution is -2.44. The van der Waals surface area contributed by atoms with Crippen LogP contribution < -0.4 is 0 Å². The van der Waals surface area contributed by atoms with Crippen molar-refractivity contribution in [2.24, 2.45) is 0 Å². The van der Waals surface area contributed by atoms with Crippen LogP contribution in [0.3, 0.4) is 0 Å². The van der Waals surface area contributed by atoms with Gasteiger partial charge in [-0.15, -0.1) is 0 Å². The maximum absolute atomic E-state index is 12.5. The summed E-state index contributed by atoms with van der Waals surface area (Å²) in [6.45, 7) is 0.796. The van der Waals surface area contributed by atoms with Gasteiger partial charge < -0.3 is 15.0 Å². The molecular weight excluding hydrogens is 278 g/mol. The molecular formula is C17H21N3O2. The molecule has 116 valence electrons. The van der Waals surface area contributed by atoms with Crippen molar-refractivity contribution in [3.8, 4) is 5.75 Å². The minimum absolute atomic E-state index is 0.00870. The van der Waals surface area contributed by atoms with Gasteiger partial charge in [-0.25, -0.2) is 4.98 Å². The Labute approximate surface area is 130 Å². The number of nitrogens with one attached hydrogen (secondary N) is 1. The molecule has 0 aliphatic carbocycles. The molecule has 1 saturated heterocycles. The molecule has 5 heteroatoms. The van der Waals surface area contributed by atoms with Gasteiger partial charge in [-0.05, 0) is 49.8 Å². The molecule has 2 N–H and O–H groups in total. The van der Waals surface area contributed by atoms with E-state index in [0.717, 1.165) is 44.2 Å². The SMILES string of the molecule is O=C(c1ncc[nH]1)N1CCCC[C@H]1CCc1cccc(O)c1. The van der Waals surface area contributed by atoms with Crippen molar-refractivity contribution in [3.63, 3.8) is 0 Å². The molecule has 2 heterocycles. The molecule has 0 spiro atoms. The zero-order valence-electron chi connectivity index (χ0n) is 12.5. The molecule has 1 atom stereocenters. The van der Waals surface area contributed by atoms with Crippen LogP contribution in [0.2, 0.25) is 0 Å². The number of benzene rings is 1. The first-order valence-corrected chi connectivity index (χ1v) is 7.82. The van der Waals surface area contributed by atoms with Crippen molar-refractivity contribution in [2.75, 3.05) is 6.54 Å². The number of nitrogens with zero attached hydrogens (tertiary/aromatic N) is 2. The number of aromatic amines is 1. The Morgan fingerprint density at radius 1 is 1.41 bits per heavy atom. The van der Waals surface area contributed by atoms with Gasteiger partial charge in [0.2, 0.25) is 0 Å². The molecule has 1 aromatic carbocycles. The predicted molar refractivity (Wildman–Crippen MR) is 83.7 cm³/mol. The summed E-state index contributed by atoms with van der Waals surface area (Å²) in [6.07, 6.45) is 8.31. The fourth-order valence-corrected chi connectivity index (χ4v) is 3.13. The number of hydrogen-bond donors (Lipinski definition) is 2. The number of phenols is 1. The van der Waals surface area contributed by atoms with Crippen LogP contribution in [0.25, 0.3) is 0 Å². The molecule has 1 fully saturated rings. The quantitative estimate of drug-likeness (QED) is 0.912. The summed E-state index contributed by atoms with van der Waals surface area (Å²) in [4.78, 5) is 21.5. The minimum Gasteiger partial charge on any atom is -0.508 e. The zero-order valence-corrected chi connectivity index (χ0v) is 12.5. The molecule has 0 radical (unpaired) electrons. The molecule has 0 bridgehead atoms. The second kappa shape index (κ2) is 6.64. The van der Waals surface area contributed by atoms with Crippen LogP contribution in [0.5, 0.6) is 5.75 Å². The third-order valence-electron chi connectivity index (χ3n) is 4.27. The van der Waals surface area contributed by atoms with Crippen molar-refractivity contribution in [1.29, 1.82) is 0 Å². The summed E-state index contributed by atoms with van der Waals surface area (Å²) >= 11 is 0. The van der Waals surface area contributed by atoms with Crippen molar-refractivity contribution in [3.05, 3.63) is 48.0 Å². The standard InChI is InChI=1S/C17H21N3O2/c21-15-6-3-4-13(12-15)7-8-14-5-1-2-11-20(14)17(22)16-18-9-10-19-16/h3-4,6,9-10,12,14,21H,1-2,5,7-8,11H2,(H,18,19)/t14-/m0/s1. The van der Waals surface area contributed by atoms with Crippen LogP contribution in [0.1, 0.15) is 41.9 Å². The van der Waals surface area contributed by atoms with Gasteiger partial charge in [0, 0.05) is 25.0 Å². The first-order chi connectivity index (χ1) is 10.7. The number of H-pyrrole nitrogens is 1. The molecule has 0 saturated carbocycles. The molecule has 1 aliphatic rings. The number of phenolic OH excluding ortho intramolecular Hbond substituents is 1. The number of piperidine rings is 1. The second-order valence-electron chi connectivity index (χ2n) is 5.79. The highest BCUT2D eigenvalue weighted by Gasteiger charge is 2.28.